The van der Waals surface area contributed by atoms with Gasteiger partial charge in [0.1, 0.15) is 0 Å². The zero-order valence-corrected chi connectivity index (χ0v) is 12.9. The van der Waals surface area contributed by atoms with E-state index >= 15 is 0 Å². The molecule has 1 saturated heterocycles. The molecule has 2 amide bonds. The van der Waals surface area contributed by atoms with Gasteiger partial charge in [0.05, 0.1) is 17.4 Å². The molecule has 0 unspecified atom stereocenters. The van der Waals surface area contributed by atoms with Gasteiger partial charge in [-0.3, -0.25) is 9.59 Å². The summed E-state index contributed by atoms with van der Waals surface area (Å²) in [4.78, 5) is 35.4. The minimum absolute atomic E-state index is 0.00466. The Labute approximate surface area is 129 Å². The van der Waals surface area contributed by atoms with Crippen LogP contribution in [0.15, 0.2) is 24.5 Å². The molecule has 22 heavy (non-hydrogen) atoms. The highest BCUT2D eigenvalue weighted by molar-refractivity contribution is 5.97. The van der Waals surface area contributed by atoms with Gasteiger partial charge in [-0.15, -0.1) is 0 Å². The van der Waals surface area contributed by atoms with Crippen LogP contribution in [0.25, 0.3) is 11.0 Å². The molecule has 6 heteroatoms. The normalized spacial score (nSPS) is 15.6. The van der Waals surface area contributed by atoms with E-state index in [4.69, 9.17) is 0 Å². The molecule has 6 nitrogen and oxygen atoms in total. The van der Waals surface area contributed by atoms with Gasteiger partial charge in [-0.25, -0.2) is 4.98 Å². The first-order chi connectivity index (χ1) is 10.6. The van der Waals surface area contributed by atoms with E-state index in [0.29, 0.717) is 31.7 Å². The van der Waals surface area contributed by atoms with Crippen molar-refractivity contribution in [1.82, 2.24) is 19.8 Å². The maximum atomic E-state index is 12.6. The van der Waals surface area contributed by atoms with E-state index in [1.54, 1.807) is 12.4 Å². The summed E-state index contributed by atoms with van der Waals surface area (Å²) in [7, 11) is 0. The molecule has 0 atom stereocenters. The second kappa shape index (κ2) is 5.79. The van der Waals surface area contributed by atoms with Gasteiger partial charge >= 0.3 is 0 Å². The van der Waals surface area contributed by atoms with Gasteiger partial charge in [-0.1, -0.05) is 13.8 Å². The Morgan fingerprint density at radius 1 is 1.14 bits per heavy atom. The third kappa shape index (κ3) is 2.68. The molecule has 0 radical (unpaired) electrons. The summed E-state index contributed by atoms with van der Waals surface area (Å²) in [6.45, 7) is 6.18. The van der Waals surface area contributed by atoms with Gasteiger partial charge in [0.2, 0.25) is 5.91 Å². The molecule has 1 aromatic carbocycles. The molecule has 0 bridgehead atoms. The van der Waals surface area contributed by atoms with Crippen LogP contribution in [-0.4, -0.2) is 57.8 Å². The zero-order valence-electron chi connectivity index (χ0n) is 12.9. The number of aromatic amines is 1. The molecule has 0 spiro atoms. The first-order valence-electron chi connectivity index (χ1n) is 7.57. The molecule has 0 saturated carbocycles. The fraction of sp³-hybridized carbons (Fsp3) is 0.438. The summed E-state index contributed by atoms with van der Waals surface area (Å²) in [5.41, 5.74) is 2.36. The number of nitrogens with zero attached hydrogens (tertiary/aromatic N) is 3. The lowest BCUT2D eigenvalue weighted by Crippen LogP contribution is -2.51. The van der Waals surface area contributed by atoms with Crippen molar-refractivity contribution in [3.63, 3.8) is 0 Å². The number of hydrogen-bond acceptors (Lipinski definition) is 3. The average molecular weight is 300 g/mol. The van der Waals surface area contributed by atoms with E-state index in [2.05, 4.69) is 9.97 Å². The van der Waals surface area contributed by atoms with Crippen molar-refractivity contribution in [1.29, 1.82) is 0 Å². The van der Waals surface area contributed by atoms with Crippen molar-refractivity contribution in [3.8, 4) is 0 Å². The fourth-order valence-electron chi connectivity index (χ4n) is 2.75. The maximum Gasteiger partial charge on any atom is 0.254 e. The van der Waals surface area contributed by atoms with Crippen LogP contribution < -0.4 is 0 Å². The number of nitrogens with one attached hydrogen (secondary N) is 1. The Bertz CT molecular complexity index is 699. The summed E-state index contributed by atoms with van der Waals surface area (Å²) >= 11 is 0. The van der Waals surface area contributed by atoms with Crippen molar-refractivity contribution >= 4 is 22.8 Å². The minimum Gasteiger partial charge on any atom is -0.345 e. The van der Waals surface area contributed by atoms with Crippen LogP contribution in [-0.2, 0) is 4.79 Å². The summed E-state index contributed by atoms with van der Waals surface area (Å²) in [5, 5.41) is 0. The number of aromatic nitrogens is 2. The smallest absolute Gasteiger partial charge is 0.254 e. The molecule has 116 valence electrons. The van der Waals surface area contributed by atoms with Crippen LogP contribution in [0.5, 0.6) is 0 Å². The standard InChI is InChI=1S/C16H20N4O2/c1-11(2)15(21)19-5-7-20(8-6-19)16(22)12-3-4-13-14(9-12)18-10-17-13/h3-4,9-11H,5-8H2,1-2H3,(H,17,18). The largest absolute Gasteiger partial charge is 0.345 e. The number of carbonyl (C=O) groups is 2. The summed E-state index contributed by atoms with van der Waals surface area (Å²) in [6, 6.07) is 5.48. The number of hydrogen-bond donors (Lipinski definition) is 1. The molecule has 1 N–H and O–H groups in total. The van der Waals surface area contributed by atoms with Crippen LogP contribution in [0.1, 0.15) is 24.2 Å². The predicted molar refractivity (Wildman–Crippen MR) is 83.4 cm³/mol. The molecule has 3 rings (SSSR count). The Kier molecular flexibility index (Phi) is 3.83. The summed E-state index contributed by atoms with van der Waals surface area (Å²) < 4.78 is 0. The summed E-state index contributed by atoms with van der Waals surface area (Å²) in [5.74, 6) is 0.171. The SMILES string of the molecule is CC(C)C(=O)N1CCN(C(=O)c2ccc3nc[nH]c3c2)CC1. The number of amides is 2. The van der Waals surface area contributed by atoms with Crippen molar-refractivity contribution in [2.45, 2.75) is 13.8 Å². The van der Waals surface area contributed by atoms with E-state index in [-0.39, 0.29) is 17.7 Å². The highest BCUT2D eigenvalue weighted by Crippen LogP contribution is 2.15. The number of fused-ring (bicyclic) bond motifs is 1. The lowest BCUT2D eigenvalue weighted by atomic mass is 10.1. The monoisotopic (exact) mass is 300 g/mol. The first-order valence-corrected chi connectivity index (χ1v) is 7.57. The highest BCUT2D eigenvalue weighted by Gasteiger charge is 2.26. The van der Waals surface area contributed by atoms with Gasteiger partial charge in [0.25, 0.3) is 5.91 Å². The van der Waals surface area contributed by atoms with Gasteiger partial charge in [-0.2, -0.15) is 0 Å². The lowest BCUT2D eigenvalue weighted by Gasteiger charge is -2.35. The molecular weight excluding hydrogens is 280 g/mol. The lowest BCUT2D eigenvalue weighted by molar-refractivity contribution is -0.135. The molecular formula is C16H20N4O2. The van der Waals surface area contributed by atoms with E-state index in [9.17, 15) is 9.59 Å². The Hall–Kier alpha value is -2.37. The summed E-state index contributed by atoms with van der Waals surface area (Å²) in [6.07, 6.45) is 1.62. The number of rotatable bonds is 2. The fourth-order valence-corrected chi connectivity index (χ4v) is 2.75. The number of piperazine rings is 1. The van der Waals surface area contributed by atoms with E-state index < -0.39 is 0 Å². The Morgan fingerprint density at radius 2 is 1.82 bits per heavy atom. The highest BCUT2D eigenvalue weighted by atomic mass is 16.2. The number of imidazole rings is 1. The van der Waals surface area contributed by atoms with Crippen molar-refractivity contribution in [2.24, 2.45) is 5.92 Å². The molecule has 1 fully saturated rings. The van der Waals surface area contributed by atoms with Gasteiger partial charge in [0, 0.05) is 37.7 Å². The number of carbonyl (C=O) groups excluding carboxylic acids is 2. The number of benzene rings is 1. The third-order valence-corrected chi connectivity index (χ3v) is 4.04. The van der Waals surface area contributed by atoms with Gasteiger partial charge in [0.15, 0.2) is 0 Å². The van der Waals surface area contributed by atoms with Crippen molar-refractivity contribution in [2.75, 3.05) is 26.2 Å². The molecule has 1 aliphatic rings. The molecule has 2 heterocycles. The van der Waals surface area contributed by atoms with Crippen LogP contribution in [0.2, 0.25) is 0 Å². The molecule has 1 aromatic heterocycles. The van der Waals surface area contributed by atoms with Crippen LogP contribution in [0.4, 0.5) is 0 Å². The van der Waals surface area contributed by atoms with E-state index in [1.165, 1.54) is 0 Å². The van der Waals surface area contributed by atoms with Crippen molar-refractivity contribution in [3.05, 3.63) is 30.1 Å². The van der Waals surface area contributed by atoms with E-state index in [0.717, 1.165) is 11.0 Å². The number of H-pyrrole nitrogens is 1. The maximum absolute atomic E-state index is 12.6. The molecule has 1 aliphatic heterocycles. The van der Waals surface area contributed by atoms with Gasteiger partial charge in [-0.05, 0) is 18.2 Å². The molecule has 0 aliphatic carbocycles. The van der Waals surface area contributed by atoms with Crippen LogP contribution >= 0.6 is 0 Å². The average Bonchev–Trinajstić information content (AvgIpc) is 3.01. The Balaban J connectivity index is 1.68. The first kappa shape index (κ1) is 14.6. The Morgan fingerprint density at radius 3 is 2.50 bits per heavy atom. The second-order valence-electron chi connectivity index (χ2n) is 5.91. The molecule has 2 aromatic rings. The third-order valence-electron chi connectivity index (χ3n) is 4.04. The van der Waals surface area contributed by atoms with E-state index in [1.807, 2.05) is 35.8 Å². The van der Waals surface area contributed by atoms with Crippen LogP contribution in [0.3, 0.4) is 0 Å². The predicted octanol–water partition coefficient (Wildman–Crippen LogP) is 1.50. The zero-order chi connectivity index (χ0) is 15.7. The second-order valence-corrected chi connectivity index (χ2v) is 5.91. The quantitative estimate of drug-likeness (QED) is 0.914. The van der Waals surface area contributed by atoms with Gasteiger partial charge < -0.3 is 14.8 Å². The minimum atomic E-state index is 0.00466. The van der Waals surface area contributed by atoms with Crippen molar-refractivity contribution < 1.29 is 9.59 Å². The van der Waals surface area contributed by atoms with Crippen LogP contribution in [0, 0.1) is 5.92 Å². The topological polar surface area (TPSA) is 69.3 Å².